The molecular weight excluding hydrogens is 659 g/mol. The van der Waals surface area contributed by atoms with Gasteiger partial charge in [-0.05, 0) is 89.3 Å². The van der Waals surface area contributed by atoms with E-state index in [1.54, 1.807) is 12.1 Å². The summed E-state index contributed by atoms with van der Waals surface area (Å²) in [6, 6.07) is 17.8. The Labute approximate surface area is 274 Å². The van der Waals surface area contributed by atoms with E-state index in [4.69, 9.17) is 36.3 Å². The van der Waals surface area contributed by atoms with Crippen LogP contribution in [0.15, 0.2) is 82.6 Å². The molecule has 4 rings (SSSR count). The average molecular weight is 694 g/mol. The second-order valence-corrected chi connectivity index (χ2v) is 14.9. The maximum absolute atomic E-state index is 13.4. The molecule has 0 aliphatic heterocycles. The topological polar surface area (TPSA) is 113 Å². The first-order valence-electron chi connectivity index (χ1n) is 14.4. The Bertz CT molecular complexity index is 1910. The van der Waals surface area contributed by atoms with Gasteiger partial charge in [0.05, 0.1) is 23.1 Å². The lowest BCUT2D eigenvalue weighted by Gasteiger charge is -2.16. The molecule has 2 unspecified atom stereocenters. The minimum atomic E-state index is -4.33. The summed E-state index contributed by atoms with van der Waals surface area (Å²) in [5.41, 5.74) is 0.560. The highest BCUT2D eigenvalue weighted by molar-refractivity contribution is 7.87. The van der Waals surface area contributed by atoms with Gasteiger partial charge in [-0.15, -0.1) is 0 Å². The minimum Gasteiger partial charge on any atom is -0.456 e. The number of ether oxygens (including phenoxy) is 1. The summed E-state index contributed by atoms with van der Waals surface area (Å²) in [6.07, 6.45) is 1.46. The molecule has 45 heavy (non-hydrogen) atoms. The molecule has 8 nitrogen and oxygen atoms in total. The van der Waals surface area contributed by atoms with Crippen LogP contribution in [-0.4, -0.2) is 35.8 Å². The predicted molar refractivity (Wildman–Crippen MR) is 176 cm³/mol. The van der Waals surface area contributed by atoms with Crippen molar-refractivity contribution in [3.05, 3.63) is 94.0 Å². The van der Waals surface area contributed by atoms with Crippen LogP contribution in [0.4, 0.5) is 0 Å². The molecule has 0 heterocycles. The lowest BCUT2D eigenvalue weighted by Crippen LogP contribution is -2.13. The maximum Gasteiger partial charge on any atom is 0.300 e. The van der Waals surface area contributed by atoms with Crippen molar-refractivity contribution in [3.8, 4) is 11.5 Å². The number of hydrogen-bond donors (Lipinski definition) is 0. The molecule has 0 saturated heterocycles. The van der Waals surface area contributed by atoms with Crippen molar-refractivity contribution in [1.29, 1.82) is 0 Å². The lowest BCUT2D eigenvalue weighted by atomic mass is 10.0. The summed E-state index contributed by atoms with van der Waals surface area (Å²) in [5.74, 6) is -0.116. The molecule has 0 radical (unpaired) electrons. The quantitative estimate of drug-likeness (QED) is 0.0953. The van der Waals surface area contributed by atoms with Crippen LogP contribution < -0.4 is 4.74 Å². The van der Waals surface area contributed by atoms with Gasteiger partial charge in [0.25, 0.3) is 10.1 Å². The minimum absolute atomic E-state index is 0.0258. The number of hydrogen-bond acceptors (Lipinski definition) is 8. The van der Waals surface area contributed by atoms with E-state index in [-0.39, 0.29) is 62.7 Å². The zero-order valence-corrected chi connectivity index (χ0v) is 28.4. The Morgan fingerprint density at radius 2 is 1.36 bits per heavy atom. The molecular formula is C33H34Cl2O8S2. The largest absolute Gasteiger partial charge is 0.456 e. The molecule has 0 spiro atoms. The van der Waals surface area contributed by atoms with Crippen LogP contribution in [0.2, 0.25) is 10.0 Å². The predicted octanol–water partition coefficient (Wildman–Crippen LogP) is 8.67. The van der Waals surface area contributed by atoms with Crippen molar-refractivity contribution in [2.75, 3.05) is 13.2 Å². The average Bonchev–Trinajstić information content (AvgIpc) is 3.03. The van der Waals surface area contributed by atoms with E-state index in [0.29, 0.717) is 27.8 Å². The summed E-state index contributed by atoms with van der Waals surface area (Å²) < 4.78 is 69.3. The number of benzene rings is 4. The van der Waals surface area contributed by atoms with E-state index in [9.17, 15) is 21.6 Å². The monoisotopic (exact) mass is 692 g/mol. The second kappa shape index (κ2) is 14.6. The van der Waals surface area contributed by atoms with Crippen LogP contribution in [0.25, 0.3) is 10.8 Å². The van der Waals surface area contributed by atoms with E-state index in [1.807, 2.05) is 27.7 Å². The molecule has 2 atom stereocenters. The number of carbonyl (C=O) groups is 1. The van der Waals surface area contributed by atoms with Gasteiger partial charge >= 0.3 is 10.1 Å². The van der Waals surface area contributed by atoms with Gasteiger partial charge in [-0.25, -0.2) is 0 Å². The SMILES string of the molecule is CCC(C)COS(=O)(=O)c1ccc2cc(Oc3ccc(C(=O)c4cc(Cl)ccc4Cl)cc3)c(S(=O)(=O)OCC(C)CC)cc2c1. The van der Waals surface area contributed by atoms with Gasteiger partial charge < -0.3 is 4.74 Å². The molecule has 0 bridgehead atoms. The van der Waals surface area contributed by atoms with Crippen LogP contribution in [0.1, 0.15) is 56.5 Å². The fourth-order valence-electron chi connectivity index (χ4n) is 4.07. The number of fused-ring (bicyclic) bond motifs is 1. The van der Waals surface area contributed by atoms with Gasteiger partial charge in [-0.1, -0.05) is 69.8 Å². The number of rotatable bonds is 14. The van der Waals surface area contributed by atoms with Crippen molar-refractivity contribution in [3.63, 3.8) is 0 Å². The summed E-state index contributed by atoms with van der Waals surface area (Å²) in [6.45, 7) is 7.59. The third-order valence-corrected chi connectivity index (χ3v) is 10.5. The number of ketones is 1. The van der Waals surface area contributed by atoms with Gasteiger partial charge in [-0.2, -0.15) is 16.8 Å². The summed E-state index contributed by atoms with van der Waals surface area (Å²) in [4.78, 5) is 12.6. The molecule has 0 fully saturated rings. The molecule has 12 heteroatoms. The normalized spacial score (nSPS) is 13.5. The van der Waals surface area contributed by atoms with Crippen LogP contribution in [-0.2, 0) is 28.6 Å². The molecule has 0 N–H and O–H groups in total. The van der Waals surface area contributed by atoms with Crippen LogP contribution in [0.3, 0.4) is 0 Å². The van der Waals surface area contributed by atoms with Crippen molar-refractivity contribution >= 4 is 60.0 Å². The van der Waals surface area contributed by atoms with E-state index >= 15 is 0 Å². The number of halogens is 2. The van der Waals surface area contributed by atoms with Gasteiger partial charge in [0.15, 0.2) is 5.78 Å². The van der Waals surface area contributed by atoms with E-state index < -0.39 is 20.2 Å². The van der Waals surface area contributed by atoms with Crippen LogP contribution >= 0.6 is 23.2 Å². The lowest BCUT2D eigenvalue weighted by molar-refractivity contribution is 0.103. The van der Waals surface area contributed by atoms with Crippen molar-refractivity contribution in [2.24, 2.45) is 11.8 Å². The molecule has 0 aromatic heterocycles. The standard InChI is InChI=1S/C33H34Cl2O8S2/c1-5-21(3)19-41-44(37,38)28-13-9-24-16-31(32(17-25(24)15-28)45(39,40)42-20-22(4)6-2)43-27-11-7-23(8-12-27)33(36)29-18-26(34)10-14-30(29)35/h7-18,21-22H,5-6,19-20H2,1-4H3. The van der Waals surface area contributed by atoms with Crippen molar-refractivity contribution < 1.29 is 34.7 Å². The molecule has 240 valence electrons. The third-order valence-electron chi connectivity index (χ3n) is 7.36. The molecule has 0 saturated carbocycles. The van der Waals surface area contributed by atoms with Crippen LogP contribution in [0.5, 0.6) is 11.5 Å². The summed E-state index contributed by atoms with van der Waals surface area (Å²) in [5, 5.41) is 1.48. The van der Waals surface area contributed by atoms with Crippen LogP contribution in [0, 0.1) is 11.8 Å². The zero-order valence-electron chi connectivity index (χ0n) is 25.2. The Balaban J connectivity index is 1.71. The highest BCUT2D eigenvalue weighted by Crippen LogP contribution is 2.36. The van der Waals surface area contributed by atoms with Gasteiger partial charge in [-0.3, -0.25) is 13.2 Å². The fourth-order valence-corrected chi connectivity index (χ4v) is 6.66. The molecule has 4 aromatic carbocycles. The molecule has 0 amide bonds. The first-order chi connectivity index (χ1) is 21.2. The van der Waals surface area contributed by atoms with Gasteiger partial charge in [0.1, 0.15) is 16.4 Å². The Hall–Kier alpha value is -2.99. The first-order valence-corrected chi connectivity index (χ1v) is 18.0. The summed E-state index contributed by atoms with van der Waals surface area (Å²) >= 11 is 12.2. The van der Waals surface area contributed by atoms with Gasteiger partial charge in [0.2, 0.25) is 0 Å². The fraction of sp³-hybridized carbons (Fsp3) is 0.303. The van der Waals surface area contributed by atoms with Crippen molar-refractivity contribution in [2.45, 2.75) is 50.3 Å². The third kappa shape index (κ3) is 8.64. The maximum atomic E-state index is 13.4. The second-order valence-electron chi connectivity index (χ2n) is 10.9. The van der Waals surface area contributed by atoms with Gasteiger partial charge in [0, 0.05) is 16.1 Å². The van der Waals surface area contributed by atoms with E-state index in [0.717, 1.165) is 6.42 Å². The Morgan fingerprint density at radius 1 is 0.733 bits per heavy atom. The Kier molecular flexibility index (Phi) is 11.3. The Morgan fingerprint density at radius 3 is 1.98 bits per heavy atom. The van der Waals surface area contributed by atoms with Crippen molar-refractivity contribution in [1.82, 2.24) is 0 Å². The van der Waals surface area contributed by atoms with E-state index in [2.05, 4.69) is 0 Å². The van der Waals surface area contributed by atoms with E-state index in [1.165, 1.54) is 60.7 Å². The molecule has 4 aromatic rings. The summed E-state index contributed by atoms with van der Waals surface area (Å²) in [7, 11) is -8.41. The smallest absolute Gasteiger partial charge is 0.300 e. The first kappa shape index (κ1) is 34.9. The zero-order chi connectivity index (χ0) is 32.9. The highest BCUT2D eigenvalue weighted by Gasteiger charge is 2.25. The highest BCUT2D eigenvalue weighted by atomic mass is 35.5. The molecule has 0 aliphatic carbocycles. The molecule has 0 aliphatic rings. The number of carbonyl (C=O) groups excluding carboxylic acids is 1.